The van der Waals surface area contributed by atoms with E-state index < -0.39 is 11.9 Å². The van der Waals surface area contributed by atoms with Crippen LogP contribution in [0.5, 0.6) is 0 Å². The van der Waals surface area contributed by atoms with Crippen LogP contribution in [0, 0.1) is 7.14 Å². The normalized spacial score (nSPS) is 11.1. The summed E-state index contributed by atoms with van der Waals surface area (Å²) in [5.74, 6) is -2.16. The van der Waals surface area contributed by atoms with Crippen LogP contribution in [0.1, 0.15) is 20.7 Å². The van der Waals surface area contributed by atoms with Crippen molar-refractivity contribution in [1.82, 2.24) is 0 Å². The number of benzene rings is 4. The van der Waals surface area contributed by atoms with Crippen LogP contribution < -0.4 is 0 Å². The van der Waals surface area contributed by atoms with E-state index in [1.807, 2.05) is 106 Å². The van der Waals surface area contributed by atoms with Gasteiger partial charge in [-0.1, -0.05) is 48.5 Å². The van der Waals surface area contributed by atoms with Crippen LogP contribution in [0.2, 0.25) is 0 Å². The van der Waals surface area contributed by atoms with E-state index in [1.165, 1.54) is 0 Å². The van der Waals surface area contributed by atoms with Crippen LogP contribution >= 0.6 is 45.2 Å². The van der Waals surface area contributed by atoms with Crippen LogP contribution in [0.4, 0.5) is 0 Å². The summed E-state index contributed by atoms with van der Waals surface area (Å²) in [5.41, 5.74) is 1.13. The lowest BCUT2D eigenvalue weighted by molar-refractivity contribution is 0.0683. The average Bonchev–Trinajstić information content (AvgIpc) is 2.65. The minimum absolute atomic E-state index is 0.119. The van der Waals surface area contributed by atoms with Crippen molar-refractivity contribution in [2.45, 2.75) is 0 Å². The number of halogens is 2. The second kappa shape index (κ2) is 7.32. The highest BCUT2D eigenvalue weighted by Gasteiger charge is 2.26. The molecule has 0 bridgehead atoms. The molecule has 0 aromatic heterocycles. The molecule has 0 heterocycles. The van der Waals surface area contributed by atoms with Crippen molar-refractivity contribution >= 4 is 78.7 Å². The number of carbonyl (C=O) groups is 2. The molecular weight excluding hydrogens is 582 g/mol. The summed E-state index contributed by atoms with van der Waals surface area (Å²) >= 11 is 4.01. The zero-order chi connectivity index (χ0) is 20.0. The Bertz CT molecular complexity index is 1190. The third-order valence-corrected chi connectivity index (χ3v) is 6.38. The highest BCUT2D eigenvalue weighted by Crippen LogP contribution is 2.42. The SMILES string of the molecule is O=C(O)c1c(I)cc2ccccc2c1-c1c(C(=O)O)c(I)cc2ccccc12. The fourth-order valence-electron chi connectivity index (χ4n) is 3.56. The first-order valence-electron chi connectivity index (χ1n) is 8.29. The molecule has 138 valence electrons. The molecule has 4 aromatic rings. The van der Waals surface area contributed by atoms with Crippen LogP contribution in [0.3, 0.4) is 0 Å². The largest absolute Gasteiger partial charge is 0.478 e. The first-order chi connectivity index (χ1) is 13.4. The average molecular weight is 594 g/mol. The maximum absolute atomic E-state index is 12.2. The van der Waals surface area contributed by atoms with Crippen molar-refractivity contribution < 1.29 is 19.8 Å². The molecule has 2 N–H and O–H groups in total. The zero-order valence-electron chi connectivity index (χ0n) is 14.2. The summed E-state index contributed by atoms with van der Waals surface area (Å²) in [7, 11) is 0. The fourth-order valence-corrected chi connectivity index (χ4v) is 5.24. The molecule has 0 aliphatic carbocycles. The van der Waals surface area contributed by atoms with E-state index in [1.54, 1.807) is 0 Å². The second-order valence-corrected chi connectivity index (χ2v) is 8.59. The van der Waals surface area contributed by atoms with Gasteiger partial charge >= 0.3 is 11.9 Å². The molecule has 0 radical (unpaired) electrons. The van der Waals surface area contributed by atoms with Crippen LogP contribution in [-0.4, -0.2) is 22.2 Å². The van der Waals surface area contributed by atoms with E-state index >= 15 is 0 Å². The van der Waals surface area contributed by atoms with Gasteiger partial charge in [-0.2, -0.15) is 0 Å². The molecule has 0 saturated heterocycles. The maximum atomic E-state index is 12.2. The number of rotatable bonds is 3. The highest BCUT2D eigenvalue weighted by molar-refractivity contribution is 14.1. The summed E-state index contributed by atoms with van der Waals surface area (Å²) in [5, 5.41) is 23.1. The van der Waals surface area contributed by atoms with Crippen LogP contribution in [-0.2, 0) is 0 Å². The molecule has 6 heteroatoms. The molecule has 0 fully saturated rings. The Morgan fingerprint density at radius 3 is 1.36 bits per heavy atom. The molecule has 0 amide bonds. The van der Waals surface area contributed by atoms with Gasteiger partial charge in [0.1, 0.15) is 0 Å². The Morgan fingerprint density at radius 1 is 0.643 bits per heavy atom. The topological polar surface area (TPSA) is 74.6 Å². The Hall–Kier alpha value is -2.20. The first-order valence-corrected chi connectivity index (χ1v) is 10.5. The Kier molecular flexibility index (Phi) is 5.00. The molecular formula is C22H12I2O4. The van der Waals surface area contributed by atoms with E-state index in [0.29, 0.717) is 18.3 Å². The summed E-state index contributed by atoms with van der Waals surface area (Å²) in [6.45, 7) is 0. The fraction of sp³-hybridized carbons (Fsp3) is 0. The van der Waals surface area contributed by atoms with E-state index in [9.17, 15) is 19.8 Å². The Balaban J connectivity index is 2.34. The second-order valence-electron chi connectivity index (χ2n) is 6.27. The molecule has 4 aromatic carbocycles. The van der Waals surface area contributed by atoms with Crippen LogP contribution in [0.15, 0.2) is 60.7 Å². The number of carboxylic acids is 2. The van der Waals surface area contributed by atoms with Gasteiger partial charge in [-0.25, -0.2) is 9.59 Å². The van der Waals surface area contributed by atoms with Gasteiger partial charge in [0.25, 0.3) is 0 Å². The van der Waals surface area contributed by atoms with Crippen molar-refractivity contribution in [3.63, 3.8) is 0 Å². The van der Waals surface area contributed by atoms with Crippen molar-refractivity contribution in [3.05, 3.63) is 78.9 Å². The van der Waals surface area contributed by atoms with Crippen molar-refractivity contribution in [3.8, 4) is 11.1 Å². The smallest absolute Gasteiger partial charge is 0.337 e. The lowest BCUT2D eigenvalue weighted by atomic mass is 9.87. The Labute approximate surface area is 187 Å². The predicted octanol–water partition coefficient (Wildman–Crippen LogP) is 6.27. The molecule has 4 nitrogen and oxygen atoms in total. The third-order valence-electron chi connectivity index (χ3n) is 4.68. The molecule has 0 atom stereocenters. The molecule has 28 heavy (non-hydrogen) atoms. The van der Waals surface area contributed by atoms with Gasteiger partial charge in [-0.3, -0.25) is 0 Å². The molecule has 0 aliphatic rings. The minimum Gasteiger partial charge on any atom is -0.478 e. The molecule has 0 saturated carbocycles. The van der Waals surface area contributed by atoms with Gasteiger partial charge in [0.2, 0.25) is 0 Å². The molecule has 0 aliphatic heterocycles. The number of aromatic carboxylic acids is 2. The van der Waals surface area contributed by atoms with Crippen molar-refractivity contribution in [2.75, 3.05) is 0 Å². The van der Waals surface area contributed by atoms with Gasteiger partial charge < -0.3 is 10.2 Å². The number of carboxylic acid groups (broad SMARTS) is 2. The zero-order valence-corrected chi connectivity index (χ0v) is 18.6. The monoisotopic (exact) mass is 594 g/mol. The van der Waals surface area contributed by atoms with Gasteiger partial charge in [0.05, 0.1) is 11.1 Å². The number of fused-ring (bicyclic) bond motifs is 2. The summed E-state index contributed by atoms with van der Waals surface area (Å²) in [6.07, 6.45) is 0. The summed E-state index contributed by atoms with van der Waals surface area (Å²) in [4.78, 5) is 24.4. The van der Waals surface area contributed by atoms with Crippen LogP contribution in [0.25, 0.3) is 32.7 Å². The van der Waals surface area contributed by atoms with E-state index in [4.69, 9.17) is 0 Å². The number of hydrogen-bond acceptors (Lipinski definition) is 2. The summed E-state index contributed by atoms with van der Waals surface area (Å²) in [6, 6.07) is 18.6. The van der Waals surface area contributed by atoms with Gasteiger partial charge in [0, 0.05) is 18.3 Å². The van der Waals surface area contributed by atoms with Gasteiger partial charge in [-0.05, 0) is 78.9 Å². The third kappa shape index (κ3) is 3.04. The van der Waals surface area contributed by atoms with Crippen molar-refractivity contribution in [2.24, 2.45) is 0 Å². The molecule has 0 spiro atoms. The lowest BCUT2D eigenvalue weighted by Gasteiger charge is -2.18. The minimum atomic E-state index is -1.08. The molecule has 4 rings (SSSR count). The quantitative estimate of drug-likeness (QED) is 0.275. The Morgan fingerprint density at radius 2 is 1.00 bits per heavy atom. The van der Waals surface area contributed by atoms with E-state index in [-0.39, 0.29) is 11.1 Å². The standard InChI is InChI=1S/C22H12I2O4/c23-15-9-11-5-1-3-7-13(11)17(19(15)21(25)26)18-14-8-4-2-6-12(14)10-16(24)20(18)22(27)28/h1-10H,(H,25,26)(H,27,28). The lowest BCUT2D eigenvalue weighted by Crippen LogP contribution is -2.09. The predicted molar refractivity (Wildman–Crippen MR) is 126 cm³/mol. The summed E-state index contributed by atoms with van der Waals surface area (Å²) < 4.78 is 1.14. The van der Waals surface area contributed by atoms with Gasteiger partial charge in [-0.15, -0.1) is 0 Å². The van der Waals surface area contributed by atoms with Crippen molar-refractivity contribution in [1.29, 1.82) is 0 Å². The maximum Gasteiger partial charge on any atom is 0.337 e. The van der Waals surface area contributed by atoms with E-state index in [2.05, 4.69) is 0 Å². The molecule has 0 unspecified atom stereocenters. The first kappa shape index (κ1) is 19.1. The van der Waals surface area contributed by atoms with Gasteiger partial charge in [0.15, 0.2) is 0 Å². The van der Waals surface area contributed by atoms with E-state index in [0.717, 1.165) is 21.5 Å². The number of hydrogen-bond donors (Lipinski definition) is 2. The highest BCUT2D eigenvalue weighted by atomic mass is 127.